The Balaban J connectivity index is 1.31. The molecular weight excluding hydrogens is 464 g/mol. The fourth-order valence-corrected chi connectivity index (χ4v) is 5.87. The quantitative estimate of drug-likeness (QED) is 0.563. The van der Waals surface area contributed by atoms with Crippen molar-refractivity contribution in [2.75, 3.05) is 39.4 Å². The topological polar surface area (TPSA) is 76.2 Å². The molecular formula is C24H23ClN2O5S. The highest BCUT2D eigenvalue weighted by Crippen LogP contribution is 2.38. The SMILES string of the molecule is O=C(c1cc(Cl)c2c(c1)OCCCO2)N1CCN(S(=O)(=O)c2ccc3ccccc3c2)CC1. The maximum atomic E-state index is 13.2. The van der Waals surface area contributed by atoms with Crippen LogP contribution in [0.15, 0.2) is 59.5 Å². The number of carbonyl (C=O) groups excluding carboxylic acids is 1. The Kier molecular flexibility index (Phi) is 5.90. The summed E-state index contributed by atoms with van der Waals surface area (Å²) < 4.78 is 39.1. The van der Waals surface area contributed by atoms with E-state index in [-0.39, 0.29) is 37.0 Å². The predicted octanol–water partition coefficient (Wildman–Crippen LogP) is 3.80. The van der Waals surface area contributed by atoms with Gasteiger partial charge in [-0.25, -0.2) is 8.42 Å². The molecule has 1 saturated heterocycles. The van der Waals surface area contributed by atoms with Gasteiger partial charge in [0.05, 0.1) is 23.1 Å². The molecule has 9 heteroatoms. The molecule has 1 fully saturated rings. The van der Waals surface area contributed by atoms with E-state index in [1.54, 1.807) is 29.2 Å². The number of carbonyl (C=O) groups is 1. The van der Waals surface area contributed by atoms with Crippen molar-refractivity contribution < 1.29 is 22.7 Å². The molecule has 1 amide bonds. The van der Waals surface area contributed by atoms with E-state index >= 15 is 0 Å². The number of fused-ring (bicyclic) bond motifs is 2. The van der Waals surface area contributed by atoms with Crippen LogP contribution in [0.5, 0.6) is 11.5 Å². The van der Waals surface area contributed by atoms with Crippen LogP contribution < -0.4 is 9.47 Å². The van der Waals surface area contributed by atoms with E-state index in [1.807, 2.05) is 30.3 Å². The highest BCUT2D eigenvalue weighted by Gasteiger charge is 2.31. The van der Waals surface area contributed by atoms with Gasteiger partial charge in [0.2, 0.25) is 10.0 Å². The third-order valence-corrected chi connectivity index (χ3v) is 8.11. The number of benzene rings is 3. The van der Waals surface area contributed by atoms with Crippen molar-refractivity contribution in [1.82, 2.24) is 9.21 Å². The molecule has 0 saturated carbocycles. The van der Waals surface area contributed by atoms with E-state index in [4.69, 9.17) is 21.1 Å². The second-order valence-corrected chi connectivity index (χ2v) is 10.4. The molecule has 0 bridgehead atoms. The van der Waals surface area contributed by atoms with Crippen LogP contribution in [0.1, 0.15) is 16.8 Å². The van der Waals surface area contributed by atoms with Gasteiger partial charge in [0.1, 0.15) is 0 Å². The normalized spacial score (nSPS) is 17.1. The van der Waals surface area contributed by atoms with Gasteiger partial charge >= 0.3 is 0 Å². The van der Waals surface area contributed by atoms with E-state index in [2.05, 4.69) is 0 Å². The Bertz CT molecular complexity index is 1320. The monoisotopic (exact) mass is 486 g/mol. The Labute approximate surface area is 197 Å². The Morgan fingerprint density at radius 2 is 1.61 bits per heavy atom. The van der Waals surface area contributed by atoms with Crippen molar-refractivity contribution in [2.24, 2.45) is 0 Å². The molecule has 0 radical (unpaired) electrons. The molecule has 2 aliphatic rings. The van der Waals surface area contributed by atoms with Gasteiger partial charge in [-0.3, -0.25) is 4.79 Å². The first-order valence-corrected chi connectivity index (χ1v) is 12.6. The molecule has 0 aromatic heterocycles. The maximum Gasteiger partial charge on any atom is 0.254 e. The summed E-state index contributed by atoms with van der Waals surface area (Å²) in [5, 5.41) is 2.19. The van der Waals surface area contributed by atoms with Gasteiger partial charge in [0.15, 0.2) is 11.5 Å². The lowest BCUT2D eigenvalue weighted by molar-refractivity contribution is 0.0697. The lowest BCUT2D eigenvalue weighted by Gasteiger charge is -2.34. The van der Waals surface area contributed by atoms with Crippen LogP contribution in [0.25, 0.3) is 10.8 Å². The summed E-state index contributed by atoms with van der Waals surface area (Å²) in [4.78, 5) is 15.0. The fourth-order valence-electron chi connectivity index (χ4n) is 4.15. The van der Waals surface area contributed by atoms with Crippen LogP contribution in [-0.4, -0.2) is 62.9 Å². The number of halogens is 1. The van der Waals surface area contributed by atoms with Gasteiger partial charge in [0.25, 0.3) is 5.91 Å². The minimum absolute atomic E-state index is 0.213. The standard InChI is InChI=1S/C24H23ClN2O5S/c25-21-15-19(16-22-23(21)32-13-3-12-31-22)24(28)26-8-10-27(11-9-26)33(29,30)20-7-6-17-4-1-2-5-18(17)14-20/h1-2,4-7,14-16H,3,8-13H2. The smallest absolute Gasteiger partial charge is 0.254 e. The Morgan fingerprint density at radius 3 is 2.39 bits per heavy atom. The van der Waals surface area contributed by atoms with Crippen molar-refractivity contribution in [3.8, 4) is 11.5 Å². The predicted molar refractivity (Wildman–Crippen MR) is 126 cm³/mol. The van der Waals surface area contributed by atoms with Gasteiger partial charge in [-0.15, -0.1) is 0 Å². The highest BCUT2D eigenvalue weighted by molar-refractivity contribution is 7.89. The number of rotatable bonds is 3. The number of sulfonamides is 1. The van der Waals surface area contributed by atoms with Crippen molar-refractivity contribution in [3.05, 3.63) is 65.2 Å². The van der Waals surface area contributed by atoms with Crippen molar-refractivity contribution in [1.29, 1.82) is 0 Å². The molecule has 0 N–H and O–H groups in total. The second kappa shape index (κ2) is 8.85. The summed E-state index contributed by atoms with van der Waals surface area (Å²) in [6.45, 7) is 2.02. The first-order valence-electron chi connectivity index (χ1n) is 10.8. The van der Waals surface area contributed by atoms with Crippen molar-refractivity contribution >= 4 is 38.3 Å². The van der Waals surface area contributed by atoms with Crippen LogP contribution in [0.4, 0.5) is 0 Å². The number of piperazine rings is 1. The molecule has 7 nitrogen and oxygen atoms in total. The van der Waals surface area contributed by atoms with E-state index in [9.17, 15) is 13.2 Å². The number of ether oxygens (including phenoxy) is 2. The zero-order chi connectivity index (χ0) is 23.0. The summed E-state index contributed by atoms with van der Waals surface area (Å²) in [5.74, 6) is 0.702. The summed E-state index contributed by atoms with van der Waals surface area (Å²) in [6, 6.07) is 16.0. The Morgan fingerprint density at radius 1 is 0.879 bits per heavy atom. The van der Waals surface area contributed by atoms with Gasteiger partial charge in [-0.2, -0.15) is 4.31 Å². The first-order chi connectivity index (χ1) is 15.9. The first kappa shape index (κ1) is 22.0. The van der Waals surface area contributed by atoms with Crippen LogP contribution in [0.3, 0.4) is 0 Å². The van der Waals surface area contributed by atoms with Gasteiger partial charge in [-0.05, 0) is 35.0 Å². The molecule has 0 spiro atoms. The zero-order valence-corrected chi connectivity index (χ0v) is 19.4. The average molecular weight is 487 g/mol. The molecule has 0 atom stereocenters. The molecule has 3 aromatic carbocycles. The number of amides is 1. The van der Waals surface area contributed by atoms with Crippen LogP contribution >= 0.6 is 11.6 Å². The lowest BCUT2D eigenvalue weighted by Crippen LogP contribution is -2.50. The molecule has 2 heterocycles. The van der Waals surface area contributed by atoms with Gasteiger partial charge in [-0.1, -0.05) is 41.9 Å². The van der Waals surface area contributed by atoms with E-state index in [0.29, 0.717) is 35.3 Å². The molecule has 172 valence electrons. The third kappa shape index (κ3) is 4.26. The summed E-state index contributed by atoms with van der Waals surface area (Å²) in [7, 11) is -3.65. The number of hydrogen-bond donors (Lipinski definition) is 0. The van der Waals surface area contributed by atoms with Crippen LogP contribution in [-0.2, 0) is 10.0 Å². The molecule has 33 heavy (non-hydrogen) atoms. The largest absolute Gasteiger partial charge is 0.489 e. The van der Waals surface area contributed by atoms with Crippen molar-refractivity contribution in [3.63, 3.8) is 0 Å². The lowest BCUT2D eigenvalue weighted by atomic mass is 10.1. The van der Waals surface area contributed by atoms with E-state index < -0.39 is 10.0 Å². The number of hydrogen-bond acceptors (Lipinski definition) is 5. The summed E-state index contributed by atoms with van der Waals surface area (Å²) in [6.07, 6.45) is 0.738. The third-order valence-electron chi connectivity index (χ3n) is 5.93. The zero-order valence-electron chi connectivity index (χ0n) is 17.9. The van der Waals surface area contributed by atoms with Gasteiger partial charge < -0.3 is 14.4 Å². The highest BCUT2D eigenvalue weighted by atomic mass is 35.5. The van der Waals surface area contributed by atoms with Gasteiger partial charge in [0, 0.05) is 38.2 Å². The molecule has 0 unspecified atom stereocenters. The minimum atomic E-state index is -3.65. The minimum Gasteiger partial charge on any atom is -0.489 e. The summed E-state index contributed by atoms with van der Waals surface area (Å²) in [5.41, 5.74) is 0.398. The molecule has 0 aliphatic carbocycles. The maximum absolute atomic E-state index is 13.2. The number of nitrogens with zero attached hydrogens (tertiary/aromatic N) is 2. The van der Waals surface area contributed by atoms with E-state index in [1.165, 1.54) is 4.31 Å². The molecule has 5 rings (SSSR count). The van der Waals surface area contributed by atoms with E-state index in [0.717, 1.165) is 17.2 Å². The fraction of sp³-hybridized carbons (Fsp3) is 0.292. The Hall–Kier alpha value is -2.81. The van der Waals surface area contributed by atoms with Crippen molar-refractivity contribution in [2.45, 2.75) is 11.3 Å². The molecule has 3 aromatic rings. The van der Waals surface area contributed by atoms with Crippen LogP contribution in [0.2, 0.25) is 5.02 Å². The second-order valence-electron chi connectivity index (χ2n) is 8.04. The summed E-state index contributed by atoms with van der Waals surface area (Å²) >= 11 is 6.33. The van der Waals surface area contributed by atoms with Crippen LogP contribution in [0, 0.1) is 0 Å². The molecule has 2 aliphatic heterocycles. The average Bonchev–Trinajstić information content (AvgIpc) is 3.09.